The SMILES string of the molecule is COCC(CN)Nc1nc[nH]c(=O)c1I. The molecule has 15 heavy (non-hydrogen) atoms. The highest BCUT2D eigenvalue weighted by molar-refractivity contribution is 14.1. The lowest BCUT2D eigenvalue weighted by molar-refractivity contribution is 0.187. The van der Waals surface area contributed by atoms with E-state index < -0.39 is 0 Å². The lowest BCUT2D eigenvalue weighted by Gasteiger charge is -2.16. The zero-order valence-electron chi connectivity index (χ0n) is 8.29. The lowest BCUT2D eigenvalue weighted by atomic mass is 10.3. The van der Waals surface area contributed by atoms with Crippen LogP contribution in [0.1, 0.15) is 0 Å². The molecule has 1 aromatic rings. The fourth-order valence-corrected chi connectivity index (χ4v) is 1.50. The van der Waals surface area contributed by atoms with E-state index in [4.69, 9.17) is 10.5 Å². The van der Waals surface area contributed by atoms with E-state index in [1.165, 1.54) is 6.33 Å². The van der Waals surface area contributed by atoms with E-state index in [1.54, 1.807) is 7.11 Å². The second-order valence-electron chi connectivity index (χ2n) is 2.93. The Kier molecular flexibility index (Phi) is 4.99. The van der Waals surface area contributed by atoms with E-state index in [1.807, 2.05) is 22.6 Å². The molecule has 84 valence electrons. The molecular weight excluding hydrogens is 311 g/mol. The summed E-state index contributed by atoms with van der Waals surface area (Å²) in [5, 5.41) is 3.05. The first-order valence-corrected chi connectivity index (χ1v) is 5.45. The summed E-state index contributed by atoms with van der Waals surface area (Å²) in [7, 11) is 1.60. The fourth-order valence-electron chi connectivity index (χ4n) is 1.05. The largest absolute Gasteiger partial charge is 0.383 e. The normalized spacial score (nSPS) is 12.5. The van der Waals surface area contributed by atoms with Gasteiger partial charge in [0.1, 0.15) is 9.39 Å². The van der Waals surface area contributed by atoms with Crippen LogP contribution >= 0.6 is 22.6 Å². The quantitative estimate of drug-likeness (QED) is 0.650. The highest BCUT2D eigenvalue weighted by atomic mass is 127. The Hall–Kier alpha value is -0.670. The minimum absolute atomic E-state index is 0.0437. The Labute approximate surface area is 101 Å². The molecule has 1 unspecified atom stereocenters. The molecular formula is C8H13IN4O2. The number of aromatic nitrogens is 2. The molecule has 0 aliphatic heterocycles. The van der Waals surface area contributed by atoms with E-state index in [9.17, 15) is 4.79 Å². The Morgan fingerprint density at radius 3 is 3.13 bits per heavy atom. The first-order valence-electron chi connectivity index (χ1n) is 4.37. The number of nitrogens with two attached hydrogens (primary N) is 1. The van der Waals surface area contributed by atoms with Crippen LogP contribution in [0.5, 0.6) is 0 Å². The Bertz CT molecular complexity index is 368. The lowest BCUT2D eigenvalue weighted by Crippen LogP contribution is -2.34. The van der Waals surface area contributed by atoms with Crippen molar-refractivity contribution in [3.05, 3.63) is 20.3 Å². The average Bonchev–Trinajstić information content (AvgIpc) is 2.24. The predicted octanol–water partition coefficient (Wildman–Crippen LogP) is -0.240. The van der Waals surface area contributed by atoms with Crippen molar-refractivity contribution in [2.75, 3.05) is 25.6 Å². The summed E-state index contributed by atoms with van der Waals surface area (Å²) < 4.78 is 5.50. The number of ether oxygens (including phenoxy) is 1. The van der Waals surface area contributed by atoms with Gasteiger partial charge in [-0.15, -0.1) is 0 Å². The van der Waals surface area contributed by atoms with Gasteiger partial charge in [0, 0.05) is 13.7 Å². The Morgan fingerprint density at radius 1 is 1.80 bits per heavy atom. The van der Waals surface area contributed by atoms with Crippen LogP contribution in [0.25, 0.3) is 0 Å². The molecule has 1 atom stereocenters. The molecule has 0 aliphatic rings. The summed E-state index contributed by atoms with van der Waals surface area (Å²) in [6.07, 6.45) is 1.35. The van der Waals surface area contributed by atoms with Crippen LogP contribution in [0.15, 0.2) is 11.1 Å². The van der Waals surface area contributed by atoms with Crippen LogP contribution in [0.4, 0.5) is 5.82 Å². The number of anilines is 1. The van der Waals surface area contributed by atoms with E-state index >= 15 is 0 Å². The highest BCUT2D eigenvalue weighted by Gasteiger charge is 2.10. The molecule has 0 amide bonds. The van der Waals surface area contributed by atoms with Gasteiger partial charge >= 0.3 is 0 Å². The minimum atomic E-state index is -0.165. The number of methoxy groups -OCH3 is 1. The van der Waals surface area contributed by atoms with Gasteiger partial charge in [0.2, 0.25) is 0 Å². The summed E-state index contributed by atoms with van der Waals surface area (Å²) >= 11 is 1.93. The van der Waals surface area contributed by atoms with Gasteiger partial charge in [-0.3, -0.25) is 4.79 Å². The summed E-state index contributed by atoms with van der Waals surface area (Å²) in [5.74, 6) is 0.534. The molecule has 4 N–H and O–H groups in total. The van der Waals surface area contributed by atoms with Gasteiger partial charge in [-0.2, -0.15) is 0 Å². The van der Waals surface area contributed by atoms with Gasteiger partial charge in [-0.1, -0.05) is 0 Å². The van der Waals surface area contributed by atoms with Gasteiger partial charge < -0.3 is 20.8 Å². The van der Waals surface area contributed by atoms with Gasteiger partial charge in [0.15, 0.2) is 0 Å². The topological polar surface area (TPSA) is 93.0 Å². The van der Waals surface area contributed by atoms with Gasteiger partial charge in [-0.25, -0.2) is 4.98 Å². The molecule has 0 aromatic carbocycles. The zero-order chi connectivity index (χ0) is 11.3. The van der Waals surface area contributed by atoms with Gasteiger partial charge in [0.25, 0.3) is 5.56 Å². The first-order chi connectivity index (χ1) is 7.19. The molecule has 6 nitrogen and oxygen atoms in total. The van der Waals surface area contributed by atoms with Crippen molar-refractivity contribution in [1.29, 1.82) is 0 Å². The van der Waals surface area contributed by atoms with Crippen LogP contribution in [0, 0.1) is 3.57 Å². The number of aromatic amines is 1. The maximum Gasteiger partial charge on any atom is 0.266 e. The number of nitrogens with one attached hydrogen (secondary N) is 2. The van der Waals surface area contributed by atoms with Crippen LogP contribution in [-0.2, 0) is 4.74 Å². The van der Waals surface area contributed by atoms with Crippen molar-refractivity contribution >= 4 is 28.4 Å². The summed E-state index contributed by atoms with van der Waals surface area (Å²) in [6, 6.07) is -0.0437. The smallest absolute Gasteiger partial charge is 0.266 e. The molecule has 1 heterocycles. The van der Waals surface area contributed by atoms with E-state index in [2.05, 4.69) is 15.3 Å². The van der Waals surface area contributed by atoms with E-state index in [-0.39, 0.29) is 11.6 Å². The predicted molar refractivity (Wildman–Crippen MR) is 65.9 cm³/mol. The summed E-state index contributed by atoms with van der Waals surface area (Å²) in [6.45, 7) is 0.888. The highest BCUT2D eigenvalue weighted by Crippen LogP contribution is 2.09. The monoisotopic (exact) mass is 324 g/mol. The second kappa shape index (κ2) is 6.03. The zero-order valence-corrected chi connectivity index (χ0v) is 10.4. The number of hydrogen-bond acceptors (Lipinski definition) is 5. The van der Waals surface area contributed by atoms with Gasteiger partial charge in [-0.05, 0) is 22.6 Å². The average molecular weight is 324 g/mol. The number of nitrogens with zero attached hydrogens (tertiary/aromatic N) is 1. The molecule has 1 aromatic heterocycles. The fraction of sp³-hybridized carbons (Fsp3) is 0.500. The van der Waals surface area contributed by atoms with Gasteiger partial charge in [0.05, 0.1) is 19.0 Å². The molecule has 0 spiro atoms. The number of rotatable bonds is 5. The number of H-pyrrole nitrogens is 1. The standard InChI is InChI=1S/C8H13IN4O2/c1-15-3-5(2-10)13-7-6(9)8(14)12-4-11-7/h4-5H,2-3,10H2,1H3,(H2,11,12,13,14). The molecule has 0 aliphatic carbocycles. The van der Waals surface area contributed by atoms with E-state index in [0.717, 1.165) is 0 Å². The summed E-state index contributed by atoms with van der Waals surface area (Å²) in [5.41, 5.74) is 5.37. The van der Waals surface area contributed by atoms with Crippen molar-refractivity contribution in [2.45, 2.75) is 6.04 Å². The number of hydrogen-bond donors (Lipinski definition) is 3. The van der Waals surface area contributed by atoms with Crippen molar-refractivity contribution in [3.63, 3.8) is 0 Å². The third-order valence-electron chi connectivity index (χ3n) is 1.79. The van der Waals surface area contributed by atoms with Crippen molar-refractivity contribution < 1.29 is 4.74 Å². The first kappa shape index (κ1) is 12.4. The molecule has 0 saturated heterocycles. The van der Waals surface area contributed by atoms with Crippen molar-refractivity contribution in [2.24, 2.45) is 5.73 Å². The molecule has 0 fully saturated rings. The maximum absolute atomic E-state index is 11.3. The minimum Gasteiger partial charge on any atom is -0.383 e. The Morgan fingerprint density at radius 2 is 2.53 bits per heavy atom. The Balaban J connectivity index is 2.79. The van der Waals surface area contributed by atoms with E-state index in [0.29, 0.717) is 22.5 Å². The summed E-state index contributed by atoms with van der Waals surface area (Å²) in [4.78, 5) is 17.8. The maximum atomic E-state index is 11.3. The molecule has 0 radical (unpaired) electrons. The van der Waals surface area contributed by atoms with Crippen LogP contribution in [0.3, 0.4) is 0 Å². The molecule has 1 rings (SSSR count). The van der Waals surface area contributed by atoms with Crippen molar-refractivity contribution in [1.82, 2.24) is 9.97 Å². The molecule has 0 bridgehead atoms. The molecule has 0 saturated carbocycles. The third-order valence-corrected chi connectivity index (χ3v) is 2.79. The van der Waals surface area contributed by atoms with Crippen molar-refractivity contribution in [3.8, 4) is 0 Å². The number of halogens is 1. The third kappa shape index (κ3) is 3.43. The molecule has 7 heteroatoms. The van der Waals surface area contributed by atoms with Crippen LogP contribution in [-0.4, -0.2) is 36.3 Å². The van der Waals surface area contributed by atoms with Crippen LogP contribution < -0.4 is 16.6 Å². The second-order valence-corrected chi connectivity index (χ2v) is 4.01. The van der Waals surface area contributed by atoms with Crippen LogP contribution in [0.2, 0.25) is 0 Å².